The van der Waals surface area contributed by atoms with Gasteiger partial charge in [-0.05, 0) is 26.7 Å². The molecule has 0 N–H and O–H groups in total. The van der Waals surface area contributed by atoms with Crippen molar-refractivity contribution in [3.8, 4) is 0 Å². The molecular formula is C16H31NO2. The highest BCUT2D eigenvalue weighted by Gasteiger charge is 2.07. The fraction of sp³-hybridized carbons (Fsp3) is 0.812. The Hall–Kier alpha value is -0.990. The van der Waals surface area contributed by atoms with Crippen LogP contribution >= 0.6 is 0 Å². The summed E-state index contributed by atoms with van der Waals surface area (Å²) >= 11 is 0. The van der Waals surface area contributed by atoms with E-state index in [1.165, 1.54) is 38.5 Å². The van der Waals surface area contributed by atoms with Crippen LogP contribution in [0.5, 0.6) is 0 Å². The van der Waals surface area contributed by atoms with Crippen LogP contribution < -0.4 is 0 Å². The molecule has 0 heterocycles. The highest BCUT2D eigenvalue weighted by Crippen LogP contribution is 2.07. The molecule has 0 bridgehead atoms. The Morgan fingerprint density at radius 2 is 1.53 bits per heavy atom. The average molecular weight is 269 g/mol. The first-order valence-electron chi connectivity index (χ1n) is 7.75. The topological polar surface area (TPSA) is 29.5 Å². The first-order chi connectivity index (χ1) is 9.15. The summed E-state index contributed by atoms with van der Waals surface area (Å²) in [5.74, 6) is -0.196. The van der Waals surface area contributed by atoms with Gasteiger partial charge in [0.15, 0.2) is 0 Å². The first-order valence-corrected chi connectivity index (χ1v) is 7.75. The molecule has 3 nitrogen and oxygen atoms in total. The van der Waals surface area contributed by atoms with E-state index in [1.807, 2.05) is 20.0 Å². The minimum atomic E-state index is -0.196. The van der Waals surface area contributed by atoms with Gasteiger partial charge in [-0.2, -0.15) is 0 Å². The number of hydrogen-bond acceptors (Lipinski definition) is 3. The summed E-state index contributed by atoms with van der Waals surface area (Å²) in [6.07, 6.45) is 9.30. The Bertz CT molecular complexity index is 251. The van der Waals surface area contributed by atoms with Crippen molar-refractivity contribution in [2.75, 3.05) is 19.7 Å². The first kappa shape index (κ1) is 18.0. The van der Waals surface area contributed by atoms with Gasteiger partial charge in [0.05, 0.1) is 6.61 Å². The van der Waals surface area contributed by atoms with Crippen molar-refractivity contribution in [3.63, 3.8) is 0 Å². The Labute approximate surface area is 119 Å². The van der Waals surface area contributed by atoms with Crippen LogP contribution in [0.15, 0.2) is 11.8 Å². The summed E-state index contributed by atoms with van der Waals surface area (Å²) in [5, 5.41) is 0. The molecule has 0 saturated heterocycles. The summed E-state index contributed by atoms with van der Waals surface area (Å²) < 4.78 is 5.02. The predicted octanol–water partition coefficient (Wildman–Crippen LogP) is 4.14. The largest absolute Gasteiger partial charge is 0.463 e. The van der Waals surface area contributed by atoms with E-state index >= 15 is 0 Å². The van der Waals surface area contributed by atoms with Crippen LogP contribution in [-0.2, 0) is 9.53 Å². The third-order valence-electron chi connectivity index (χ3n) is 3.07. The molecule has 0 fully saturated rings. The molecule has 0 radical (unpaired) electrons. The van der Waals surface area contributed by atoms with Gasteiger partial charge in [-0.3, -0.25) is 0 Å². The second-order valence-corrected chi connectivity index (χ2v) is 4.98. The van der Waals surface area contributed by atoms with E-state index in [2.05, 4.69) is 18.7 Å². The third-order valence-corrected chi connectivity index (χ3v) is 3.07. The van der Waals surface area contributed by atoms with Crippen molar-refractivity contribution in [2.24, 2.45) is 0 Å². The minimum Gasteiger partial charge on any atom is -0.463 e. The number of rotatable bonds is 11. The number of esters is 1. The molecule has 0 atom stereocenters. The van der Waals surface area contributed by atoms with Gasteiger partial charge in [-0.25, -0.2) is 4.79 Å². The quantitative estimate of drug-likeness (QED) is 0.321. The molecule has 19 heavy (non-hydrogen) atoms. The normalized spacial score (nSPS) is 11.5. The lowest BCUT2D eigenvalue weighted by atomic mass is 10.2. The van der Waals surface area contributed by atoms with Gasteiger partial charge in [0.1, 0.15) is 0 Å². The van der Waals surface area contributed by atoms with E-state index in [0.717, 1.165) is 13.1 Å². The molecule has 0 aliphatic heterocycles. The Morgan fingerprint density at radius 1 is 1.00 bits per heavy atom. The van der Waals surface area contributed by atoms with Crippen molar-refractivity contribution in [1.82, 2.24) is 4.90 Å². The monoisotopic (exact) mass is 269 g/mol. The molecular weight excluding hydrogens is 238 g/mol. The highest BCUT2D eigenvalue weighted by molar-refractivity contribution is 5.87. The highest BCUT2D eigenvalue weighted by atomic mass is 16.5. The maximum atomic E-state index is 11.6. The van der Waals surface area contributed by atoms with Gasteiger partial charge in [-0.15, -0.1) is 0 Å². The van der Waals surface area contributed by atoms with E-state index in [9.17, 15) is 4.79 Å². The Balaban J connectivity index is 4.35. The van der Waals surface area contributed by atoms with Gasteiger partial charge in [0.25, 0.3) is 0 Å². The molecule has 0 amide bonds. The molecule has 0 spiro atoms. The maximum Gasteiger partial charge on any atom is 0.335 e. The number of carbonyl (C=O) groups excluding carboxylic acids is 1. The Morgan fingerprint density at radius 3 is 1.95 bits per heavy atom. The van der Waals surface area contributed by atoms with Gasteiger partial charge < -0.3 is 9.64 Å². The van der Waals surface area contributed by atoms with E-state index in [4.69, 9.17) is 4.74 Å². The van der Waals surface area contributed by atoms with E-state index in [1.54, 1.807) is 0 Å². The number of hydrogen-bond donors (Lipinski definition) is 0. The number of ether oxygens (including phenoxy) is 1. The summed E-state index contributed by atoms with van der Waals surface area (Å²) in [6, 6.07) is 0. The molecule has 0 aliphatic carbocycles. The van der Waals surface area contributed by atoms with Crippen LogP contribution in [-0.4, -0.2) is 30.6 Å². The van der Waals surface area contributed by atoms with E-state index < -0.39 is 0 Å². The molecule has 0 aliphatic rings. The lowest BCUT2D eigenvalue weighted by Gasteiger charge is -2.21. The van der Waals surface area contributed by atoms with Gasteiger partial charge in [-0.1, -0.05) is 39.5 Å². The average Bonchev–Trinajstić information content (AvgIpc) is 2.39. The molecule has 0 unspecified atom stereocenters. The summed E-state index contributed by atoms with van der Waals surface area (Å²) in [4.78, 5) is 13.9. The maximum absolute atomic E-state index is 11.6. The molecule has 0 aromatic rings. The second kappa shape index (κ2) is 12.1. The van der Waals surface area contributed by atoms with Gasteiger partial charge >= 0.3 is 5.97 Å². The van der Waals surface area contributed by atoms with Crippen molar-refractivity contribution in [3.05, 3.63) is 11.8 Å². The lowest BCUT2D eigenvalue weighted by Crippen LogP contribution is -2.22. The van der Waals surface area contributed by atoms with Gasteiger partial charge in [0.2, 0.25) is 0 Å². The molecule has 3 heteroatoms. The minimum absolute atomic E-state index is 0.196. The second-order valence-electron chi connectivity index (χ2n) is 4.98. The molecule has 0 aromatic heterocycles. The van der Waals surface area contributed by atoms with Crippen LogP contribution in [0.4, 0.5) is 0 Å². The van der Waals surface area contributed by atoms with E-state index in [0.29, 0.717) is 12.2 Å². The van der Waals surface area contributed by atoms with Crippen molar-refractivity contribution in [1.29, 1.82) is 0 Å². The van der Waals surface area contributed by atoms with Crippen LogP contribution in [0.3, 0.4) is 0 Å². The van der Waals surface area contributed by atoms with E-state index in [-0.39, 0.29) is 5.97 Å². The van der Waals surface area contributed by atoms with Crippen LogP contribution in [0.1, 0.15) is 66.2 Å². The molecule has 112 valence electrons. The predicted molar refractivity (Wildman–Crippen MR) is 81.0 cm³/mol. The fourth-order valence-corrected chi connectivity index (χ4v) is 1.94. The number of unbranched alkanes of at least 4 members (excludes halogenated alkanes) is 4. The smallest absolute Gasteiger partial charge is 0.335 e. The van der Waals surface area contributed by atoms with Crippen LogP contribution in [0, 0.1) is 0 Å². The van der Waals surface area contributed by atoms with Crippen molar-refractivity contribution < 1.29 is 9.53 Å². The number of nitrogens with zero attached hydrogens (tertiary/aromatic N) is 1. The van der Waals surface area contributed by atoms with Crippen molar-refractivity contribution >= 4 is 5.97 Å². The zero-order chi connectivity index (χ0) is 14.5. The molecule has 0 aromatic carbocycles. The lowest BCUT2D eigenvalue weighted by molar-refractivity contribution is -0.138. The standard InChI is InChI=1S/C16H31NO2/c1-5-8-10-12-17(13-11-9-6-2)14-15(4)16(18)19-7-3/h14H,5-13H2,1-4H3. The molecule has 0 rings (SSSR count). The van der Waals surface area contributed by atoms with Crippen molar-refractivity contribution in [2.45, 2.75) is 66.2 Å². The van der Waals surface area contributed by atoms with Crippen LogP contribution in [0.2, 0.25) is 0 Å². The summed E-state index contributed by atoms with van der Waals surface area (Å²) in [5.41, 5.74) is 0.704. The van der Waals surface area contributed by atoms with Crippen LogP contribution in [0.25, 0.3) is 0 Å². The van der Waals surface area contributed by atoms with Gasteiger partial charge in [0, 0.05) is 24.9 Å². The fourth-order valence-electron chi connectivity index (χ4n) is 1.94. The summed E-state index contributed by atoms with van der Waals surface area (Å²) in [7, 11) is 0. The summed E-state index contributed by atoms with van der Waals surface area (Å²) in [6.45, 7) is 10.6. The zero-order valence-electron chi connectivity index (χ0n) is 13.2. The number of carbonyl (C=O) groups is 1. The SMILES string of the molecule is CCCCCN(C=C(C)C(=O)OCC)CCCCC. The zero-order valence-corrected chi connectivity index (χ0v) is 13.2. The Kier molecular flexibility index (Phi) is 11.4. The third kappa shape index (κ3) is 9.57. The molecule has 0 saturated carbocycles.